The van der Waals surface area contributed by atoms with E-state index in [1.807, 2.05) is 0 Å². The second-order valence-corrected chi connectivity index (χ2v) is 5.47. The van der Waals surface area contributed by atoms with Gasteiger partial charge in [0.25, 0.3) is 0 Å². The van der Waals surface area contributed by atoms with E-state index in [0.29, 0.717) is 28.8 Å². The first kappa shape index (κ1) is 12.5. The summed E-state index contributed by atoms with van der Waals surface area (Å²) in [5.41, 5.74) is 5.48. The Kier molecular flexibility index (Phi) is 3.50. The molecule has 0 bridgehead atoms. The Morgan fingerprint density at radius 2 is 1.88 bits per heavy atom. The van der Waals surface area contributed by atoms with E-state index in [2.05, 4.69) is 0 Å². The number of nitrogens with one attached hydrogen (secondary N) is 1. The van der Waals surface area contributed by atoms with E-state index in [9.17, 15) is 0 Å². The molecular formula is C12H14Cl2N2O. The minimum atomic E-state index is 0.0562. The molecule has 1 saturated carbocycles. The van der Waals surface area contributed by atoms with Crippen LogP contribution in [-0.4, -0.2) is 12.4 Å². The first-order chi connectivity index (χ1) is 7.99. The Balaban J connectivity index is 1.96. The highest BCUT2D eigenvalue weighted by molar-refractivity contribution is 6.34. The maximum absolute atomic E-state index is 7.32. The van der Waals surface area contributed by atoms with Crippen LogP contribution in [0.15, 0.2) is 18.2 Å². The molecular weight excluding hydrogens is 259 g/mol. The Morgan fingerprint density at radius 1 is 1.29 bits per heavy atom. The molecule has 0 unspecified atom stereocenters. The summed E-state index contributed by atoms with van der Waals surface area (Å²) in [6, 6.07) is 5.13. The van der Waals surface area contributed by atoms with Gasteiger partial charge in [-0.3, -0.25) is 5.41 Å². The zero-order chi connectivity index (χ0) is 12.5. The van der Waals surface area contributed by atoms with E-state index in [1.54, 1.807) is 18.2 Å². The molecule has 1 fully saturated rings. The van der Waals surface area contributed by atoms with Crippen LogP contribution in [0.5, 0.6) is 5.75 Å². The van der Waals surface area contributed by atoms with Crippen molar-refractivity contribution >= 4 is 29.0 Å². The van der Waals surface area contributed by atoms with E-state index in [1.165, 1.54) is 0 Å². The summed E-state index contributed by atoms with van der Waals surface area (Å²) in [4.78, 5) is 0. The van der Waals surface area contributed by atoms with Crippen molar-refractivity contribution in [2.75, 3.05) is 6.61 Å². The van der Waals surface area contributed by atoms with Crippen molar-refractivity contribution in [2.24, 2.45) is 11.1 Å². The Labute approximate surface area is 110 Å². The van der Waals surface area contributed by atoms with Crippen molar-refractivity contribution in [2.45, 2.75) is 19.3 Å². The van der Waals surface area contributed by atoms with Crippen LogP contribution in [0.1, 0.15) is 19.3 Å². The monoisotopic (exact) mass is 272 g/mol. The standard InChI is InChI=1S/C12H14Cl2N2O/c13-8-3-9(14)5-10(4-8)17-7-12(1-2-12)6-11(15)16/h3-5H,1-2,6-7H2,(H3,15,16). The third-order valence-corrected chi connectivity index (χ3v) is 3.34. The molecule has 0 saturated heterocycles. The van der Waals surface area contributed by atoms with Gasteiger partial charge in [0.05, 0.1) is 12.4 Å². The van der Waals surface area contributed by atoms with Crippen molar-refractivity contribution in [3.63, 3.8) is 0 Å². The fourth-order valence-electron chi connectivity index (χ4n) is 1.80. The molecule has 0 amide bonds. The number of hydrogen-bond acceptors (Lipinski definition) is 2. The summed E-state index contributed by atoms with van der Waals surface area (Å²) in [6.45, 7) is 0.559. The van der Waals surface area contributed by atoms with Gasteiger partial charge >= 0.3 is 0 Å². The zero-order valence-corrected chi connectivity index (χ0v) is 10.8. The summed E-state index contributed by atoms with van der Waals surface area (Å²) in [7, 11) is 0. The fourth-order valence-corrected chi connectivity index (χ4v) is 2.31. The number of ether oxygens (including phenoxy) is 1. The SMILES string of the molecule is N=C(N)CC1(COc2cc(Cl)cc(Cl)c2)CC1. The Hall–Kier alpha value is -0.930. The van der Waals surface area contributed by atoms with Crippen LogP contribution in [0.4, 0.5) is 0 Å². The molecule has 0 atom stereocenters. The molecule has 0 radical (unpaired) electrons. The van der Waals surface area contributed by atoms with E-state index in [0.717, 1.165) is 12.8 Å². The topological polar surface area (TPSA) is 59.1 Å². The number of amidine groups is 1. The summed E-state index contributed by atoms with van der Waals surface area (Å²) in [5, 5.41) is 8.44. The van der Waals surface area contributed by atoms with Crippen molar-refractivity contribution in [3.05, 3.63) is 28.2 Å². The minimum Gasteiger partial charge on any atom is -0.493 e. The molecule has 3 N–H and O–H groups in total. The molecule has 0 spiro atoms. The van der Waals surface area contributed by atoms with Crippen molar-refractivity contribution in [1.29, 1.82) is 5.41 Å². The fraction of sp³-hybridized carbons (Fsp3) is 0.417. The minimum absolute atomic E-state index is 0.0562. The number of nitrogens with two attached hydrogens (primary N) is 1. The third kappa shape index (κ3) is 3.51. The highest BCUT2D eigenvalue weighted by Gasteiger charge is 2.43. The van der Waals surface area contributed by atoms with Crippen molar-refractivity contribution < 1.29 is 4.74 Å². The van der Waals surface area contributed by atoms with Crippen LogP contribution >= 0.6 is 23.2 Å². The lowest BCUT2D eigenvalue weighted by Gasteiger charge is -2.15. The van der Waals surface area contributed by atoms with Crippen LogP contribution < -0.4 is 10.5 Å². The molecule has 1 aliphatic rings. The number of hydrogen-bond donors (Lipinski definition) is 2. The first-order valence-corrected chi connectivity index (χ1v) is 6.17. The predicted molar refractivity (Wildman–Crippen MR) is 70.2 cm³/mol. The van der Waals surface area contributed by atoms with Gasteiger partial charge in [-0.25, -0.2) is 0 Å². The molecule has 1 aliphatic carbocycles. The quantitative estimate of drug-likeness (QED) is 0.637. The largest absolute Gasteiger partial charge is 0.493 e. The first-order valence-electron chi connectivity index (χ1n) is 5.41. The zero-order valence-electron chi connectivity index (χ0n) is 9.30. The van der Waals surface area contributed by atoms with Crippen molar-refractivity contribution in [3.8, 4) is 5.75 Å². The molecule has 1 aromatic carbocycles. The van der Waals surface area contributed by atoms with Gasteiger partial charge in [0, 0.05) is 21.9 Å². The van der Waals surface area contributed by atoms with E-state index in [-0.39, 0.29) is 11.3 Å². The number of benzene rings is 1. The van der Waals surface area contributed by atoms with Gasteiger partial charge < -0.3 is 10.5 Å². The van der Waals surface area contributed by atoms with Gasteiger partial charge in [-0.2, -0.15) is 0 Å². The molecule has 3 nitrogen and oxygen atoms in total. The van der Waals surface area contributed by atoms with Crippen LogP contribution in [0.25, 0.3) is 0 Å². The smallest absolute Gasteiger partial charge is 0.122 e. The Bertz CT molecular complexity index is 424. The normalized spacial score (nSPS) is 16.6. The molecule has 0 heterocycles. The summed E-state index contributed by atoms with van der Waals surface area (Å²) in [5.74, 6) is 0.882. The average molecular weight is 273 g/mol. The van der Waals surface area contributed by atoms with Gasteiger partial charge in [0.15, 0.2) is 0 Å². The molecule has 1 aromatic rings. The predicted octanol–water partition coefficient (Wildman–Crippen LogP) is 3.48. The van der Waals surface area contributed by atoms with Gasteiger partial charge in [0.2, 0.25) is 0 Å². The molecule has 2 rings (SSSR count). The van der Waals surface area contributed by atoms with E-state index in [4.69, 9.17) is 39.1 Å². The molecule has 0 aromatic heterocycles. The van der Waals surface area contributed by atoms with E-state index < -0.39 is 0 Å². The van der Waals surface area contributed by atoms with Gasteiger partial charge in [-0.05, 0) is 31.0 Å². The van der Waals surface area contributed by atoms with Gasteiger partial charge in [-0.1, -0.05) is 23.2 Å². The maximum Gasteiger partial charge on any atom is 0.122 e. The van der Waals surface area contributed by atoms with Crippen LogP contribution in [-0.2, 0) is 0 Å². The third-order valence-electron chi connectivity index (χ3n) is 2.90. The van der Waals surface area contributed by atoms with Gasteiger partial charge in [-0.15, -0.1) is 0 Å². The Morgan fingerprint density at radius 3 is 2.35 bits per heavy atom. The summed E-state index contributed by atoms with van der Waals surface area (Å²) in [6.07, 6.45) is 2.71. The summed E-state index contributed by atoms with van der Waals surface area (Å²) < 4.78 is 5.67. The van der Waals surface area contributed by atoms with E-state index >= 15 is 0 Å². The second kappa shape index (κ2) is 4.75. The lowest BCUT2D eigenvalue weighted by molar-refractivity contribution is 0.238. The maximum atomic E-state index is 7.32. The highest BCUT2D eigenvalue weighted by atomic mass is 35.5. The van der Waals surface area contributed by atoms with Crippen LogP contribution in [0.2, 0.25) is 10.0 Å². The van der Waals surface area contributed by atoms with Crippen LogP contribution in [0, 0.1) is 10.8 Å². The lowest BCUT2D eigenvalue weighted by atomic mass is 10.0. The average Bonchev–Trinajstić information content (AvgIpc) is 2.93. The second-order valence-electron chi connectivity index (χ2n) is 4.60. The van der Waals surface area contributed by atoms with Crippen molar-refractivity contribution in [1.82, 2.24) is 0 Å². The molecule has 92 valence electrons. The number of halogens is 2. The molecule has 5 heteroatoms. The van der Waals surface area contributed by atoms with Gasteiger partial charge in [0.1, 0.15) is 5.75 Å². The molecule has 17 heavy (non-hydrogen) atoms. The molecule has 0 aliphatic heterocycles. The number of rotatable bonds is 5. The van der Waals surface area contributed by atoms with Crippen LogP contribution in [0.3, 0.4) is 0 Å². The summed E-state index contributed by atoms with van der Waals surface area (Å²) >= 11 is 11.8. The lowest BCUT2D eigenvalue weighted by Crippen LogP contribution is -2.21. The highest BCUT2D eigenvalue weighted by Crippen LogP contribution is 2.49.